The Balaban J connectivity index is 0.000000280. The molecule has 1 amide bonds. The molecule has 1 unspecified atom stereocenters. The smallest absolute Gasteiger partial charge is 0.207 e. The van der Waals surface area contributed by atoms with Gasteiger partial charge in [0.25, 0.3) is 0 Å². The molecule has 0 radical (unpaired) electrons. The molecule has 6 rings (SSSR count). The molecule has 0 saturated heterocycles. The summed E-state index contributed by atoms with van der Waals surface area (Å²) < 4.78 is 6.08. The van der Waals surface area contributed by atoms with Crippen LogP contribution in [0.1, 0.15) is 105 Å². The van der Waals surface area contributed by atoms with Crippen LogP contribution in [0.2, 0.25) is 0 Å². The molecule has 1 aliphatic carbocycles. The lowest BCUT2D eigenvalue weighted by atomic mass is 9.87. The Morgan fingerprint density at radius 2 is 1.62 bits per heavy atom. The standard InChI is InChI=1S/C21H19NO2.C11H15N.C7H17N.C5H11NO.C2H2/c1-14-7-8-18-12-22(11-15(2)21(18)23)19-9-16-5-3-4-6-17(16)10-20(19)24-13-14;1-2-6-10(7-3-1)11-8-4-5-9-12-11;1-4-7-8(5-2)6-3;1-3-5(2)6-4-7;1-2/h3-11H,12-13H2,1-2H3;4-5,8-10H,1-3,6-7H2;4-7H2,1-3H3;4-5H,3H2,1-2H3,(H,6,7);1-2H/b14-7-,18-8+;;;;. The third-order valence-corrected chi connectivity index (χ3v) is 9.61. The third kappa shape index (κ3) is 15.1. The van der Waals surface area contributed by atoms with Crippen molar-refractivity contribution in [1.29, 1.82) is 0 Å². The Hall–Kier alpha value is -4.67. The summed E-state index contributed by atoms with van der Waals surface area (Å²) in [6.45, 7) is 19.3. The SMILES string of the molecule is C#C.CC1=CN2C/C(=C\C=C(\C)COc3cc4ccccc4cc32)C1=O.CCC(C)NC=O.CCCN(CC)CC.c1ccc(C2CCCCC2)nc1. The molecule has 286 valence electrons. The molecule has 3 aromatic rings. The Morgan fingerprint density at radius 3 is 2.17 bits per heavy atom. The number of nitrogens with zero attached hydrogens (tertiary/aromatic N) is 3. The van der Waals surface area contributed by atoms with Crippen molar-refractivity contribution in [1.82, 2.24) is 15.2 Å². The molecule has 0 spiro atoms. The van der Waals surface area contributed by atoms with Crippen LogP contribution in [0.3, 0.4) is 0 Å². The quantitative estimate of drug-likeness (QED) is 0.185. The number of terminal acetylenes is 1. The molecule has 7 nitrogen and oxygen atoms in total. The average Bonchev–Trinajstić information content (AvgIpc) is 3.21. The van der Waals surface area contributed by atoms with Gasteiger partial charge in [-0.1, -0.05) is 89.4 Å². The van der Waals surface area contributed by atoms with E-state index in [1.165, 1.54) is 63.9 Å². The maximum atomic E-state index is 12.4. The zero-order valence-electron chi connectivity index (χ0n) is 33.4. The van der Waals surface area contributed by atoms with Gasteiger partial charge in [0.1, 0.15) is 12.4 Å². The lowest BCUT2D eigenvalue weighted by Gasteiger charge is -2.29. The highest BCUT2D eigenvalue weighted by Gasteiger charge is 2.24. The lowest BCUT2D eigenvalue weighted by molar-refractivity contribution is -0.112. The summed E-state index contributed by atoms with van der Waals surface area (Å²) >= 11 is 0. The van der Waals surface area contributed by atoms with Gasteiger partial charge in [-0.05, 0) is 107 Å². The zero-order chi connectivity index (χ0) is 39.0. The van der Waals surface area contributed by atoms with Crippen LogP contribution in [0, 0.1) is 12.8 Å². The second-order valence-corrected chi connectivity index (χ2v) is 13.6. The number of ketones is 1. The summed E-state index contributed by atoms with van der Waals surface area (Å²) in [6.07, 6.45) is 25.6. The van der Waals surface area contributed by atoms with Gasteiger partial charge < -0.3 is 19.9 Å². The molecule has 2 bridgehead atoms. The number of nitrogens with one attached hydrogen (secondary N) is 1. The van der Waals surface area contributed by atoms with E-state index < -0.39 is 0 Å². The summed E-state index contributed by atoms with van der Waals surface area (Å²) in [5.74, 6) is 1.72. The van der Waals surface area contributed by atoms with Crippen molar-refractivity contribution in [2.75, 3.05) is 37.7 Å². The minimum atomic E-state index is 0.124. The number of carbonyl (C=O) groups is 2. The highest BCUT2D eigenvalue weighted by atomic mass is 16.5. The van der Waals surface area contributed by atoms with Crippen LogP contribution < -0.4 is 15.0 Å². The molecule has 1 saturated carbocycles. The monoisotopic (exact) mass is 720 g/mol. The fourth-order valence-electron chi connectivity index (χ4n) is 6.27. The molecular weight excluding hydrogens is 657 g/mol. The number of ether oxygens (including phenoxy) is 1. The molecule has 7 heteroatoms. The van der Waals surface area contributed by atoms with E-state index in [1.54, 1.807) is 0 Å². The summed E-state index contributed by atoms with van der Waals surface area (Å²) in [6, 6.07) is 19.1. The van der Waals surface area contributed by atoms with E-state index in [0.29, 0.717) is 19.2 Å². The van der Waals surface area contributed by atoms with Crippen molar-refractivity contribution in [2.24, 2.45) is 0 Å². The minimum Gasteiger partial charge on any atom is -0.487 e. The zero-order valence-corrected chi connectivity index (χ0v) is 33.4. The summed E-state index contributed by atoms with van der Waals surface area (Å²) in [7, 11) is 0. The average molecular weight is 721 g/mol. The molecule has 1 fully saturated rings. The number of carbonyl (C=O) groups excluding carboxylic acids is 2. The number of aromatic nitrogens is 1. The Morgan fingerprint density at radius 1 is 0.962 bits per heavy atom. The first-order chi connectivity index (χ1) is 25.7. The number of pyridine rings is 1. The van der Waals surface area contributed by atoms with Crippen molar-refractivity contribution < 1.29 is 14.3 Å². The van der Waals surface area contributed by atoms with Crippen molar-refractivity contribution in [2.45, 2.75) is 105 Å². The normalized spacial score (nSPS) is 17.6. The van der Waals surface area contributed by atoms with Gasteiger partial charge in [0.15, 0.2) is 5.78 Å². The second kappa shape index (κ2) is 25.3. The van der Waals surface area contributed by atoms with Gasteiger partial charge >= 0.3 is 0 Å². The Kier molecular flexibility index (Phi) is 21.3. The highest BCUT2D eigenvalue weighted by Crippen LogP contribution is 2.37. The predicted molar refractivity (Wildman–Crippen MR) is 224 cm³/mol. The number of anilines is 1. The maximum absolute atomic E-state index is 12.4. The largest absolute Gasteiger partial charge is 0.487 e. The first-order valence-corrected chi connectivity index (χ1v) is 19.4. The molecule has 1 atom stereocenters. The number of hydrogen-bond acceptors (Lipinski definition) is 6. The summed E-state index contributed by atoms with van der Waals surface area (Å²) in [5, 5.41) is 4.93. The van der Waals surface area contributed by atoms with Crippen LogP contribution in [0.4, 0.5) is 5.69 Å². The van der Waals surface area contributed by atoms with Crippen molar-refractivity contribution in [3.8, 4) is 18.6 Å². The van der Waals surface area contributed by atoms with Gasteiger partial charge in [0.2, 0.25) is 6.41 Å². The van der Waals surface area contributed by atoms with E-state index in [4.69, 9.17) is 4.74 Å². The molecule has 3 heterocycles. The molecule has 53 heavy (non-hydrogen) atoms. The van der Waals surface area contributed by atoms with Crippen LogP contribution >= 0.6 is 0 Å². The van der Waals surface area contributed by atoms with Crippen LogP contribution in [0.15, 0.2) is 95.9 Å². The van der Waals surface area contributed by atoms with Gasteiger partial charge in [-0.3, -0.25) is 14.6 Å². The second-order valence-electron chi connectivity index (χ2n) is 13.6. The number of amides is 1. The third-order valence-electron chi connectivity index (χ3n) is 9.61. The molecular formula is C46H64N4O3. The first kappa shape index (κ1) is 44.5. The number of allylic oxidation sites excluding steroid dienone is 3. The number of hydrogen-bond donors (Lipinski definition) is 1. The van der Waals surface area contributed by atoms with E-state index in [0.717, 1.165) is 57.7 Å². The molecule has 3 aliphatic rings. The number of fused-ring (bicyclic) bond motifs is 5. The van der Waals surface area contributed by atoms with Crippen molar-refractivity contribution in [3.63, 3.8) is 0 Å². The van der Waals surface area contributed by atoms with Gasteiger partial charge in [-0.2, -0.15) is 0 Å². The van der Waals surface area contributed by atoms with Crippen LogP contribution in [-0.4, -0.2) is 60.9 Å². The van der Waals surface area contributed by atoms with Gasteiger partial charge in [0, 0.05) is 41.2 Å². The van der Waals surface area contributed by atoms with Gasteiger partial charge in [-0.25, -0.2) is 0 Å². The van der Waals surface area contributed by atoms with Gasteiger partial charge in [-0.15, -0.1) is 12.8 Å². The van der Waals surface area contributed by atoms with Crippen LogP contribution in [-0.2, 0) is 9.59 Å². The van der Waals surface area contributed by atoms with E-state index >= 15 is 0 Å². The maximum Gasteiger partial charge on any atom is 0.207 e. The van der Waals surface area contributed by atoms with Gasteiger partial charge in [0.05, 0.1) is 12.2 Å². The van der Waals surface area contributed by atoms with E-state index in [1.807, 2.05) is 70.4 Å². The van der Waals surface area contributed by atoms with Crippen LogP contribution in [0.25, 0.3) is 10.8 Å². The fourth-order valence-corrected chi connectivity index (χ4v) is 6.27. The van der Waals surface area contributed by atoms with E-state index in [9.17, 15) is 9.59 Å². The summed E-state index contributed by atoms with van der Waals surface area (Å²) in [4.78, 5) is 31.0. The van der Waals surface area contributed by atoms with Crippen molar-refractivity contribution >= 4 is 28.7 Å². The minimum absolute atomic E-state index is 0.124. The Labute approximate surface area is 320 Å². The molecule has 1 aromatic heterocycles. The predicted octanol–water partition coefficient (Wildman–Crippen LogP) is 10.0. The highest BCUT2D eigenvalue weighted by molar-refractivity contribution is 6.10. The number of rotatable bonds is 8. The van der Waals surface area contributed by atoms with E-state index in [2.05, 4.69) is 90.1 Å². The van der Waals surface area contributed by atoms with E-state index in [-0.39, 0.29) is 5.78 Å². The molecule has 2 aromatic carbocycles. The number of benzene rings is 2. The molecule has 2 aliphatic heterocycles. The number of Topliss-reactive ketones (excluding diaryl/α,β-unsaturated/α-hetero) is 1. The fraction of sp³-hybridized carbons (Fsp3) is 0.457. The van der Waals surface area contributed by atoms with Crippen molar-refractivity contribution in [3.05, 3.63) is 102 Å². The van der Waals surface area contributed by atoms with Crippen LogP contribution in [0.5, 0.6) is 5.75 Å². The summed E-state index contributed by atoms with van der Waals surface area (Å²) in [5.41, 5.74) is 4.96. The lowest BCUT2D eigenvalue weighted by Crippen LogP contribution is -2.30. The Bertz CT molecular complexity index is 1630. The molecule has 1 N–H and O–H groups in total. The topological polar surface area (TPSA) is 74.8 Å². The first-order valence-electron chi connectivity index (χ1n) is 19.4.